The van der Waals surface area contributed by atoms with Crippen LogP contribution in [0.25, 0.3) is 0 Å². The first-order chi connectivity index (χ1) is 15.4. The number of ether oxygens (including phenoxy) is 1. The number of hydrogen-bond acceptors (Lipinski definition) is 4. The number of amides is 2. The second-order valence-electron chi connectivity index (χ2n) is 8.09. The zero-order valence-electron chi connectivity index (χ0n) is 19.9. The van der Waals surface area contributed by atoms with Crippen LogP contribution in [0.15, 0.2) is 48.5 Å². The third-order valence-electron chi connectivity index (χ3n) is 5.48. The standard InChI is InChI=1S/C26H36N2O3S/c1-6-20(4)27-26(30)24(7-2)28(16-22-10-8-9-19(3)15-22)25(29)18-32-17-21-11-13-23(31-5)14-12-21/h8-15,20,24H,6-7,16-18H2,1-5H3,(H,27,30)/t20-,24-/m0/s1. The SMILES string of the molecule is CC[C@H](C)NC(=O)[C@H](CC)N(Cc1cccc(C)c1)C(=O)CSCc1ccc(OC)cc1. The molecule has 0 spiro atoms. The number of thioether (sulfide) groups is 1. The van der Waals surface area contributed by atoms with Crippen molar-refractivity contribution in [1.29, 1.82) is 0 Å². The first kappa shape index (κ1) is 25.8. The van der Waals surface area contributed by atoms with Crippen LogP contribution in [0, 0.1) is 6.92 Å². The summed E-state index contributed by atoms with van der Waals surface area (Å²) in [5, 5.41) is 3.05. The van der Waals surface area contributed by atoms with Crippen LogP contribution < -0.4 is 10.1 Å². The maximum atomic E-state index is 13.3. The minimum absolute atomic E-state index is 0.0174. The van der Waals surface area contributed by atoms with E-state index in [1.165, 1.54) is 0 Å². The molecule has 1 N–H and O–H groups in total. The topological polar surface area (TPSA) is 58.6 Å². The molecule has 5 nitrogen and oxygen atoms in total. The third kappa shape index (κ3) is 7.90. The van der Waals surface area contributed by atoms with Crippen molar-refractivity contribution < 1.29 is 14.3 Å². The summed E-state index contributed by atoms with van der Waals surface area (Å²) in [6, 6.07) is 15.6. The Morgan fingerprint density at radius 3 is 2.38 bits per heavy atom. The highest BCUT2D eigenvalue weighted by Gasteiger charge is 2.29. The summed E-state index contributed by atoms with van der Waals surface area (Å²) in [7, 11) is 1.65. The second-order valence-corrected chi connectivity index (χ2v) is 9.08. The van der Waals surface area contributed by atoms with Gasteiger partial charge in [0, 0.05) is 18.3 Å². The minimum atomic E-state index is -0.487. The van der Waals surface area contributed by atoms with E-state index in [9.17, 15) is 9.59 Å². The van der Waals surface area contributed by atoms with Crippen LogP contribution in [0.4, 0.5) is 0 Å². The molecule has 0 aromatic heterocycles. The van der Waals surface area contributed by atoms with Crippen molar-refractivity contribution in [2.45, 2.75) is 64.9 Å². The smallest absolute Gasteiger partial charge is 0.243 e. The number of aryl methyl sites for hydroxylation is 1. The normalized spacial score (nSPS) is 12.7. The van der Waals surface area contributed by atoms with Gasteiger partial charge in [-0.05, 0) is 49.9 Å². The number of carbonyl (C=O) groups excluding carboxylic acids is 2. The molecule has 0 heterocycles. The van der Waals surface area contributed by atoms with Gasteiger partial charge >= 0.3 is 0 Å². The van der Waals surface area contributed by atoms with Gasteiger partial charge in [-0.3, -0.25) is 9.59 Å². The van der Waals surface area contributed by atoms with Crippen molar-refractivity contribution in [2.24, 2.45) is 0 Å². The minimum Gasteiger partial charge on any atom is -0.497 e. The summed E-state index contributed by atoms with van der Waals surface area (Å²) in [5.74, 6) is 1.77. The molecular formula is C26H36N2O3S. The van der Waals surface area contributed by atoms with E-state index in [0.29, 0.717) is 18.7 Å². The Kier molecular flexibility index (Phi) is 10.6. The summed E-state index contributed by atoms with van der Waals surface area (Å²) < 4.78 is 5.20. The summed E-state index contributed by atoms with van der Waals surface area (Å²) in [6.45, 7) is 8.45. The van der Waals surface area contributed by atoms with Crippen molar-refractivity contribution in [2.75, 3.05) is 12.9 Å². The molecule has 2 aromatic rings. The lowest BCUT2D eigenvalue weighted by Gasteiger charge is -2.31. The Bertz CT molecular complexity index is 870. The first-order valence-corrected chi connectivity index (χ1v) is 12.4. The zero-order valence-corrected chi connectivity index (χ0v) is 20.7. The molecule has 2 amide bonds. The zero-order chi connectivity index (χ0) is 23.5. The molecule has 2 rings (SSSR count). The lowest BCUT2D eigenvalue weighted by Crippen LogP contribution is -2.51. The van der Waals surface area contributed by atoms with Crippen molar-refractivity contribution in [3.8, 4) is 5.75 Å². The number of nitrogens with one attached hydrogen (secondary N) is 1. The van der Waals surface area contributed by atoms with E-state index in [4.69, 9.17) is 4.74 Å². The van der Waals surface area contributed by atoms with Crippen LogP contribution in [0.3, 0.4) is 0 Å². The van der Waals surface area contributed by atoms with E-state index in [0.717, 1.165) is 34.6 Å². The third-order valence-corrected chi connectivity index (χ3v) is 6.46. The average molecular weight is 457 g/mol. The van der Waals surface area contributed by atoms with Gasteiger partial charge < -0.3 is 15.0 Å². The molecule has 0 aliphatic carbocycles. The second kappa shape index (κ2) is 13.2. The molecular weight excluding hydrogens is 420 g/mol. The van der Waals surface area contributed by atoms with Crippen LogP contribution in [-0.4, -0.2) is 41.7 Å². The fourth-order valence-corrected chi connectivity index (χ4v) is 4.30. The van der Waals surface area contributed by atoms with Gasteiger partial charge in [-0.25, -0.2) is 0 Å². The van der Waals surface area contributed by atoms with Gasteiger partial charge in [0.25, 0.3) is 0 Å². The molecule has 0 fully saturated rings. The van der Waals surface area contributed by atoms with Crippen LogP contribution in [-0.2, 0) is 21.9 Å². The van der Waals surface area contributed by atoms with Crippen LogP contribution >= 0.6 is 11.8 Å². The fraction of sp³-hybridized carbons (Fsp3) is 0.462. The van der Waals surface area contributed by atoms with Gasteiger partial charge in [-0.15, -0.1) is 11.8 Å². The van der Waals surface area contributed by atoms with Crippen molar-refractivity contribution in [3.63, 3.8) is 0 Å². The van der Waals surface area contributed by atoms with E-state index >= 15 is 0 Å². The van der Waals surface area contributed by atoms with E-state index in [-0.39, 0.29) is 17.9 Å². The van der Waals surface area contributed by atoms with Gasteiger partial charge in [-0.2, -0.15) is 0 Å². The summed E-state index contributed by atoms with van der Waals surface area (Å²) in [6.07, 6.45) is 1.43. The Balaban J connectivity index is 2.11. The van der Waals surface area contributed by atoms with Crippen molar-refractivity contribution in [1.82, 2.24) is 10.2 Å². The lowest BCUT2D eigenvalue weighted by molar-refractivity contribution is -0.139. The molecule has 0 saturated carbocycles. The van der Waals surface area contributed by atoms with Gasteiger partial charge in [0.05, 0.1) is 12.9 Å². The summed E-state index contributed by atoms with van der Waals surface area (Å²) in [4.78, 5) is 28.0. The van der Waals surface area contributed by atoms with E-state index in [2.05, 4.69) is 11.4 Å². The largest absolute Gasteiger partial charge is 0.497 e. The number of rotatable bonds is 12. The first-order valence-electron chi connectivity index (χ1n) is 11.2. The molecule has 0 saturated heterocycles. The Morgan fingerprint density at radius 1 is 1.06 bits per heavy atom. The quantitative estimate of drug-likeness (QED) is 0.490. The highest BCUT2D eigenvalue weighted by atomic mass is 32.2. The number of methoxy groups -OCH3 is 1. The number of benzene rings is 2. The molecule has 32 heavy (non-hydrogen) atoms. The summed E-state index contributed by atoms with van der Waals surface area (Å²) >= 11 is 1.56. The van der Waals surface area contributed by atoms with E-state index in [1.807, 2.05) is 70.2 Å². The molecule has 0 aliphatic heterocycles. The van der Waals surface area contributed by atoms with Gasteiger partial charge in [0.1, 0.15) is 11.8 Å². The Labute approximate surface area is 196 Å². The maximum absolute atomic E-state index is 13.3. The van der Waals surface area contributed by atoms with Crippen LogP contribution in [0.2, 0.25) is 0 Å². The van der Waals surface area contributed by atoms with Gasteiger partial charge in [-0.1, -0.05) is 55.8 Å². The van der Waals surface area contributed by atoms with Gasteiger partial charge in [0.2, 0.25) is 11.8 Å². The molecule has 2 atom stereocenters. The molecule has 0 radical (unpaired) electrons. The molecule has 0 aliphatic rings. The predicted molar refractivity (Wildman–Crippen MR) is 133 cm³/mol. The molecule has 6 heteroatoms. The monoisotopic (exact) mass is 456 g/mol. The Morgan fingerprint density at radius 2 is 1.78 bits per heavy atom. The number of hydrogen-bond donors (Lipinski definition) is 1. The maximum Gasteiger partial charge on any atom is 0.243 e. The predicted octanol–water partition coefficient (Wildman–Crippen LogP) is 4.96. The average Bonchev–Trinajstić information content (AvgIpc) is 2.79. The molecule has 174 valence electrons. The highest BCUT2D eigenvalue weighted by Crippen LogP contribution is 2.19. The molecule has 0 bridgehead atoms. The van der Waals surface area contributed by atoms with Gasteiger partial charge in [0.15, 0.2) is 0 Å². The fourth-order valence-electron chi connectivity index (χ4n) is 3.43. The highest BCUT2D eigenvalue weighted by molar-refractivity contribution is 7.99. The summed E-state index contributed by atoms with van der Waals surface area (Å²) in [5.41, 5.74) is 3.31. The number of nitrogens with zero attached hydrogens (tertiary/aromatic N) is 1. The molecule has 2 aromatic carbocycles. The van der Waals surface area contributed by atoms with Crippen LogP contribution in [0.1, 0.15) is 50.3 Å². The van der Waals surface area contributed by atoms with Crippen molar-refractivity contribution >= 4 is 23.6 Å². The van der Waals surface area contributed by atoms with Crippen LogP contribution in [0.5, 0.6) is 5.75 Å². The van der Waals surface area contributed by atoms with E-state index in [1.54, 1.807) is 23.8 Å². The van der Waals surface area contributed by atoms with Crippen molar-refractivity contribution in [3.05, 3.63) is 65.2 Å². The lowest BCUT2D eigenvalue weighted by atomic mass is 10.1. The van der Waals surface area contributed by atoms with E-state index < -0.39 is 6.04 Å². The number of carbonyl (C=O) groups is 2. The molecule has 0 unspecified atom stereocenters. The Hall–Kier alpha value is -2.47.